The van der Waals surface area contributed by atoms with Crippen molar-refractivity contribution in [1.29, 1.82) is 0 Å². The summed E-state index contributed by atoms with van der Waals surface area (Å²) in [5.41, 5.74) is 4.13. The molecule has 0 bridgehead atoms. The van der Waals surface area contributed by atoms with Crippen molar-refractivity contribution in [2.75, 3.05) is 0 Å². The minimum absolute atomic E-state index is 0.0930. The predicted molar refractivity (Wildman–Crippen MR) is 87.2 cm³/mol. The molecule has 0 fully saturated rings. The molecule has 2 aromatic carbocycles. The van der Waals surface area contributed by atoms with Crippen LogP contribution in [0.5, 0.6) is 0 Å². The van der Waals surface area contributed by atoms with E-state index in [2.05, 4.69) is 22.8 Å². The van der Waals surface area contributed by atoms with E-state index in [-0.39, 0.29) is 5.78 Å². The second kappa shape index (κ2) is 5.38. The molecule has 3 rings (SSSR count). The minimum Gasteiger partial charge on any atom is -0.342 e. The van der Waals surface area contributed by atoms with Gasteiger partial charge in [-0.15, -0.1) is 0 Å². The summed E-state index contributed by atoms with van der Waals surface area (Å²) in [6, 6.07) is 14.0. The Balaban J connectivity index is 2.12. The Kier molecular flexibility index (Phi) is 3.56. The average molecular weight is 298 g/mol. The predicted octanol–water partition coefficient (Wildman–Crippen LogP) is 4.85. The molecule has 1 heterocycles. The zero-order valence-corrected chi connectivity index (χ0v) is 12.8. The molecule has 3 heteroatoms. The number of ketones is 1. The van der Waals surface area contributed by atoms with Crippen molar-refractivity contribution < 1.29 is 4.79 Å². The largest absolute Gasteiger partial charge is 0.342 e. The lowest BCUT2D eigenvalue weighted by molar-refractivity contribution is 0.101. The Hall–Kier alpha value is -2.06. The standard InChI is InChI=1S/C18H16ClNO/c1-12-6-7-18-16(8-12)17(13(2)21)11-20(18)10-14-4-3-5-15(19)9-14/h3-9,11H,10H2,1-2H3. The normalized spacial score (nSPS) is 11.0. The third-order valence-corrected chi connectivity index (χ3v) is 3.89. The third kappa shape index (κ3) is 2.72. The van der Waals surface area contributed by atoms with Crippen molar-refractivity contribution >= 4 is 28.3 Å². The monoisotopic (exact) mass is 297 g/mol. The number of carbonyl (C=O) groups is 1. The van der Waals surface area contributed by atoms with Gasteiger partial charge in [-0.2, -0.15) is 0 Å². The molecular weight excluding hydrogens is 282 g/mol. The van der Waals surface area contributed by atoms with Gasteiger partial charge < -0.3 is 4.57 Å². The van der Waals surface area contributed by atoms with Gasteiger partial charge in [0.05, 0.1) is 0 Å². The Morgan fingerprint density at radius 1 is 1.19 bits per heavy atom. The Morgan fingerprint density at radius 2 is 2.00 bits per heavy atom. The average Bonchev–Trinajstić information content (AvgIpc) is 2.77. The van der Waals surface area contributed by atoms with Gasteiger partial charge in [-0.3, -0.25) is 4.79 Å². The number of rotatable bonds is 3. The van der Waals surface area contributed by atoms with Gasteiger partial charge in [0.2, 0.25) is 0 Å². The maximum absolute atomic E-state index is 11.9. The lowest BCUT2D eigenvalue weighted by Gasteiger charge is -2.06. The Labute approximate surface area is 129 Å². The lowest BCUT2D eigenvalue weighted by Crippen LogP contribution is -1.98. The fourth-order valence-corrected chi connectivity index (χ4v) is 2.87. The summed E-state index contributed by atoms with van der Waals surface area (Å²) in [6.07, 6.45) is 1.94. The van der Waals surface area contributed by atoms with Crippen LogP contribution < -0.4 is 0 Å². The molecule has 0 aliphatic rings. The molecule has 0 aliphatic carbocycles. The second-order valence-corrected chi connectivity index (χ2v) is 5.81. The van der Waals surface area contributed by atoms with E-state index in [0.29, 0.717) is 6.54 Å². The van der Waals surface area contributed by atoms with Crippen LogP contribution in [0, 0.1) is 6.92 Å². The fraction of sp³-hybridized carbons (Fsp3) is 0.167. The molecule has 0 unspecified atom stereocenters. The summed E-state index contributed by atoms with van der Waals surface area (Å²) in [6.45, 7) is 4.35. The van der Waals surface area contributed by atoms with Crippen LogP contribution in [-0.4, -0.2) is 10.4 Å². The number of fused-ring (bicyclic) bond motifs is 1. The van der Waals surface area contributed by atoms with E-state index in [1.54, 1.807) is 6.92 Å². The van der Waals surface area contributed by atoms with Crippen molar-refractivity contribution in [2.45, 2.75) is 20.4 Å². The van der Waals surface area contributed by atoms with Gasteiger partial charge in [-0.25, -0.2) is 0 Å². The van der Waals surface area contributed by atoms with Crippen LogP contribution in [0.15, 0.2) is 48.7 Å². The third-order valence-electron chi connectivity index (χ3n) is 3.66. The smallest absolute Gasteiger partial charge is 0.161 e. The lowest BCUT2D eigenvalue weighted by atomic mass is 10.1. The molecule has 0 amide bonds. The number of aryl methyl sites for hydroxylation is 1. The second-order valence-electron chi connectivity index (χ2n) is 5.38. The van der Waals surface area contributed by atoms with Crippen LogP contribution in [0.4, 0.5) is 0 Å². The first-order valence-corrected chi connectivity index (χ1v) is 7.27. The quantitative estimate of drug-likeness (QED) is 0.633. The van der Waals surface area contributed by atoms with Crippen molar-refractivity contribution in [2.24, 2.45) is 0 Å². The van der Waals surface area contributed by atoms with Crippen LogP contribution in [-0.2, 0) is 6.54 Å². The van der Waals surface area contributed by atoms with Crippen LogP contribution in [0.1, 0.15) is 28.4 Å². The van der Waals surface area contributed by atoms with E-state index >= 15 is 0 Å². The summed E-state index contributed by atoms with van der Waals surface area (Å²) in [4.78, 5) is 11.9. The maximum Gasteiger partial charge on any atom is 0.161 e. The zero-order chi connectivity index (χ0) is 15.0. The van der Waals surface area contributed by atoms with Gasteiger partial charge in [-0.1, -0.05) is 35.4 Å². The molecule has 0 radical (unpaired) electrons. The van der Waals surface area contributed by atoms with Crippen LogP contribution in [0.25, 0.3) is 10.9 Å². The highest BCUT2D eigenvalue weighted by Gasteiger charge is 2.12. The number of hydrogen-bond acceptors (Lipinski definition) is 1. The topological polar surface area (TPSA) is 22.0 Å². The first-order chi connectivity index (χ1) is 10.0. The SMILES string of the molecule is CC(=O)c1cn(Cc2cccc(Cl)c2)c2ccc(C)cc12. The molecule has 106 valence electrons. The summed E-state index contributed by atoms with van der Waals surface area (Å²) in [5.74, 6) is 0.0930. The van der Waals surface area contributed by atoms with Gasteiger partial charge in [0.15, 0.2) is 5.78 Å². The van der Waals surface area contributed by atoms with Crippen molar-refractivity contribution in [1.82, 2.24) is 4.57 Å². The van der Waals surface area contributed by atoms with E-state index in [1.165, 1.54) is 0 Å². The highest BCUT2D eigenvalue weighted by Crippen LogP contribution is 2.24. The number of nitrogens with zero attached hydrogens (tertiary/aromatic N) is 1. The van der Waals surface area contributed by atoms with Crippen LogP contribution >= 0.6 is 11.6 Å². The molecule has 0 aliphatic heterocycles. The maximum atomic E-state index is 11.9. The molecule has 0 saturated carbocycles. The molecule has 1 aromatic heterocycles. The molecule has 2 nitrogen and oxygen atoms in total. The molecule has 3 aromatic rings. The van der Waals surface area contributed by atoms with Crippen LogP contribution in [0.3, 0.4) is 0 Å². The van der Waals surface area contributed by atoms with E-state index in [0.717, 1.165) is 32.6 Å². The first-order valence-electron chi connectivity index (χ1n) is 6.89. The van der Waals surface area contributed by atoms with Gasteiger partial charge in [0.1, 0.15) is 0 Å². The number of aromatic nitrogens is 1. The van der Waals surface area contributed by atoms with E-state index in [4.69, 9.17) is 11.6 Å². The summed E-state index contributed by atoms with van der Waals surface area (Å²) in [5, 5.41) is 1.75. The zero-order valence-electron chi connectivity index (χ0n) is 12.1. The number of hydrogen-bond donors (Lipinski definition) is 0. The molecule has 0 saturated heterocycles. The van der Waals surface area contributed by atoms with Crippen LogP contribution in [0.2, 0.25) is 5.02 Å². The number of halogens is 1. The van der Waals surface area contributed by atoms with Crippen molar-refractivity contribution in [3.63, 3.8) is 0 Å². The fourth-order valence-electron chi connectivity index (χ4n) is 2.65. The summed E-state index contributed by atoms with van der Waals surface area (Å²) < 4.78 is 2.11. The molecule has 21 heavy (non-hydrogen) atoms. The minimum atomic E-state index is 0.0930. The van der Waals surface area contributed by atoms with Gasteiger partial charge in [-0.05, 0) is 43.7 Å². The Bertz CT molecular complexity index is 832. The number of Topliss-reactive ketones (excluding diaryl/α,β-unsaturated/α-hetero) is 1. The number of carbonyl (C=O) groups excluding carboxylic acids is 1. The molecule has 0 spiro atoms. The number of benzene rings is 2. The van der Waals surface area contributed by atoms with Gasteiger partial charge >= 0.3 is 0 Å². The first kappa shape index (κ1) is 13.9. The summed E-state index contributed by atoms with van der Waals surface area (Å²) >= 11 is 6.04. The highest BCUT2D eigenvalue weighted by molar-refractivity contribution is 6.30. The molecular formula is C18H16ClNO. The molecule has 0 atom stereocenters. The summed E-state index contributed by atoms with van der Waals surface area (Å²) in [7, 11) is 0. The Morgan fingerprint density at radius 3 is 2.71 bits per heavy atom. The van der Waals surface area contributed by atoms with E-state index < -0.39 is 0 Å². The van der Waals surface area contributed by atoms with Gasteiger partial charge in [0, 0.05) is 34.2 Å². The van der Waals surface area contributed by atoms with Crippen molar-refractivity contribution in [3.05, 3.63) is 70.4 Å². The highest BCUT2D eigenvalue weighted by atomic mass is 35.5. The van der Waals surface area contributed by atoms with E-state index in [9.17, 15) is 4.79 Å². The van der Waals surface area contributed by atoms with Crippen molar-refractivity contribution in [3.8, 4) is 0 Å². The van der Waals surface area contributed by atoms with E-state index in [1.807, 2.05) is 37.4 Å². The van der Waals surface area contributed by atoms with Gasteiger partial charge in [0.25, 0.3) is 0 Å². The molecule has 0 N–H and O–H groups in total.